The van der Waals surface area contributed by atoms with E-state index in [1.165, 1.54) is 24.3 Å². The fraction of sp³-hybridized carbons (Fsp3) is 0.353. The molecule has 1 aromatic rings. The van der Waals surface area contributed by atoms with Gasteiger partial charge in [0.2, 0.25) is 5.91 Å². The third kappa shape index (κ3) is 3.92. The lowest BCUT2D eigenvalue weighted by Gasteiger charge is -2.29. The van der Waals surface area contributed by atoms with E-state index in [-0.39, 0.29) is 11.3 Å². The van der Waals surface area contributed by atoms with Crippen LogP contribution in [0.1, 0.15) is 37.0 Å². The third-order valence-electron chi connectivity index (χ3n) is 4.33. The second-order valence-electron chi connectivity index (χ2n) is 6.01. The smallest absolute Gasteiger partial charge is 0.307 e. The van der Waals surface area contributed by atoms with Gasteiger partial charge < -0.3 is 10.2 Å². The van der Waals surface area contributed by atoms with Crippen molar-refractivity contribution in [1.82, 2.24) is 10.9 Å². The third-order valence-corrected chi connectivity index (χ3v) is 4.33. The van der Waals surface area contributed by atoms with E-state index >= 15 is 0 Å². The molecule has 0 fully saturated rings. The lowest BCUT2D eigenvalue weighted by Crippen LogP contribution is -2.48. The number of carbonyl (C=O) groups excluding carboxylic acids is 2. The molecule has 2 atom stereocenters. The van der Waals surface area contributed by atoms with Crippen LogP contribution in [0.15, 0.2) is 35.4 Å². The molecule has 0 heterocycles. The Morgan fingerprint density at radius 2 is 1.67 bits per heavy atom. The van der Waals surface area contributed by atoms with E-state index in [0.29, 0.717) is 12.8 Å². The first-order chi connectivity index (χ1) is 11.3. The topological polar surface area (TPSA) is 116 Å². The standard InChI is InChI=1S/C17H20N2O5/c1-9-6-13(14(17(23)24)7-10(9)2)16(22)19-18-15(21)11-4-3-5-12(20)8-11/h3-5,8,13-14,20H,6-7H2,1-2H3,(H,18,21)(H,19,22)(H,23,24)/t13-,14-/m0/s1. The number of nitrogens with one attached hydrogen (secondary N) is 2. The summed E-state index contributed by atoms with van der Waals surface area (Å²) in [6, 6.07) is 5.67. The molecule has 0 aliphatic heterocycles. The van der Waals surface area contributed by atoms with Crippen LogP contribution >= 0.6 is 0 Å². The van der Waals surface area contributed by atoms with Gasteiger partial charge >= 0.3 is 5.97 Å². The minimum Gasteiger partial charge on any atom is -0.508 e. The SMILES string of the molecule is CC1=C(C)C[C@H](C(=O)NNC(=O)c2cccc(O)c2)[C@@H](C(=O)O)C1. The average molecular weight is 332 g/mol. The van der Waals surface area contributed by atoms with Crippen LogP contribution in [0.3, 0.4) is 0 Å². The second-order valence-corrected chi connectivity index (χ2v) is 6.01. The van der Waals surface area contributed by atoms with Gasteiger partial charge in [0.25, 0.3) is 5.91 Å². The van der Waals surface area contributed by atoms with Gasteiger partial charge in [-0.1, -0.05) is 17.2 Å². The average Bonchev–Trinajstić information content (AvgIpc) is 2.54. The van der Waals surface area contributed by atoms with Gasteiger partial charge in [0.1, 0.15) is 5.75 Å². The highest BCUT2D eigenvalue weighted by Crippen LogP contribution is 2.34. The number of hydrogen-bond acceptors (Lipinski definition) is 4. The number of phenols is 1. The number of aromatic hydroxyl groups is 1. The fourth-order valence-corrected chi connectivity index (χ4v) is 2.76. The number of benzene rings is 1. The quantitative estimate of drug-likeness (QED) is 0.496. The molecule has 2 amide bonds. The summed E-state index contributed by atoms with van der Waals surface area (Å²) in [5.41, 5.74) is 6.69. The zero-order valence-corrected chi connectivity index (χ0v) is 13.5. The van der Waals surface area contributed by atoms with Crippen molar-refractivity contribution < 1.29 is 24.6 Å². The van der Waals surface area contributed by atoms with Gasteiger partial charge in [0.05, 0.1) is 11.8 Å². The van der Waals surface area contributed by atoms with E-state index in [9.17, 15) is 24.6 Å². The summed E-state index contributed by atoms with van der Waals surface area (Å²) >= 11 is 0. The molecular formula is C17H20N2O5. The summed E-state index contributed by atoms with van der Waals surface area (Å²) in [6.45, 7) is 3.74. The summed E-state index contributed by atoms with van der Waals surface area (Å²) in [6.07, 6.45) is 0.663. The molecule has 0 unspecified atom stereocenters. The molecule has 1 aliphatic carbocycles. The second kappa shape index (κ2) is 7.16. The maximum atomic E-state index is 12.3. The molecule has 24 heavy (non-hydrogen) atoms. The Kier molecular flexibility index (Phi) is 5.23. The molecule has 0 spiro atoms. The number of carbonyl (C=O) groups is 3. The maximum absolute atomic E-state index is 12.3. The monoisotopic (exact) mass is 332 g/mol. The number of aliphatic carboxylic acids is 1. The van der Waals surface area contributed by atoms with E-state index in [1.807, 2.05) is 13.8 Å². The molecule has 0 saturated carbocycles. The van der Waals surface area contributed by atoms with E-state index < -0.39 is 29.6 Å². The van der Waals surface area contributed by atoms with Gasteiger partial charge in [0.15, 0.2) is 0 Å². The minimum absolute atomic E-state index is 0.0663. The maximum Gasteiger partial charge on any atom is 0.307 e. The van der Waals surface area contributed by atoms with Crippen molar-refractivity contribution in [2.24, 2.45) is 11.8 Å². The van der Waals surface area contributed by atoms with Crippen molar-refractivity contribution in [2.45, 2.75) is 26.7 Å². The van der Waals surface area contributed by atoms with E-state index in [1.54, 1.807) is 0 Å². The number of rotatable bonds is 3. The Morgan fingerprint density at radius 3 is 2.25 bits per heavy atom. The molecule has 2 rings (SSSR count). The number of carboxylic acid groups (broad SMARTS) is 1. The van der Waals surface area contributed by atoms with Crippen LogP contribution < -0.4 is 10.9 Å². The van der Waals surface area contributed by atoms with Crippen LogP contribution in [0.25, 0.3) is 0 Å². The minimum atomic E-state index is -1.03. The van der Waals surface area contributed by atoms with Gasteiger partial charge in [-0.3, -0.25) is 25.2 Å². The lowest BCUT2D eigenvalue weighted by atomic mass is 9.76. The van der Waals surface area contributed by atoms with Crippen LogP contribution in [-0.4, -0.2) is 28.0 Å². The van der Waals surface area contributed by atoms with Crippen molar-refractivity contribution in [1.29, 1.82) is 0 Å². The molecule has 1 aromatic carbocycles. The predicted molar refractivity (Wildman–Crippen MR) is 85.9 cm³/mol. The first kappa shape index (κ1) is 17.5. The molecule has 1 aliphatic rings. The number of amides is 2. The summed E-state index contributed by atoms with van der Waals surface area (Å²) < 4.78 is 0. The molecule has 4 N–H and O–H groups in total. The largest absolute Gasteiger partial charge is 0.508 e. The molecule has 0 radical (unpaired) electrons. The Morgan fingerprint density at radius 1 is 1.04 bits per heavy atom. The Labute approximate surface area is 139 Å². The van der Waals surface area contributed by atoms with Crippen molar-refractivity contribution in [3.8, 4) is 5.75 Å². The van der Waals surface area contributed by atoms with Gasteiger partial charge in [-0.15, -0.1) is 0 Å². The molecule has 7 nitrogen and oxygen atoms in total. The predicted octanol–water partition coefficient (Wildman–Crippen LogP) is 1.60. The number of hydrogen-bond donors (Lipinski definition) is 4. The zero-order chi connectivity index (χ0) is 17.9. The van der Waals surface area contributed by atoms with Crippen molar-refractivity contribution in [3.63, 3.8) is 0 Å². The Hall–Kier alpha value is -2.83. The number of carboxylic acids is 1. The first-order valence-corrected chi connectivity index (χ1v) is 7.57. The van der Waals surface area contributed by atoms with E-state index in [0.717, 1.165) is 11.1 Å². The highest BCUT2D eigenvalue weighted by molar-refractivity contribution is 5.96. The van der Waals surface area contributed by atoms with E-state index in [2.05, 4.69) is 10.9 Å². The summed E-state index contributed by atoms with van der Waals surface area (Å²) in [7, 11) is 0. The van der Waals surface area contributed by atoms with Crippen molar-refractivity contribution >= 4 is 17.8 Å². The normalized spacial score (nSPS) is 20.4. The summed E-state index contributed by atoms with van der Waals surface area (Å²) in [4.78, 5) is 35.7. The molecule has 128 valence electrons. The number of hydrazine groups is 1. The van der Waals surface area contributed by atoms with Crippen molar-refractivity contribution in [2.75, 3.05) is 0 Å². The fourth-order valence-electron chi connectivity index (χ4n) is 2.76. The van der Waals surface area contributed by atoms with Gasteiger partial charge in [-0.2, -0.15) is 0 Å². The van der Waals surface area contributed by atoms with Gasteiger partial charge in [0, 0.05) is 5.56 Å². The van der Waals surface area contributed by atoms with Crippen LogP contribution in [0.4, 0.5) is 0 Å². The summed E-state index contributed by atoms with van der Waals surface area (Å²) in [5.74, 6) is -3.78. The molecule has 0 aromatic heterocycles. The highest BCUT2D eigenvalue weighted by atomic mass is 16.4. The van der Waals surface area contributed by atoms with Gasteiger partial charge in [-0.25, -0.2) is 0 Å². The lowest BCUT2D eigenvalue weighted by molar-refractivity contribution is -0.147. The van der Waals surface area contributed by atoms with Crippen LogP contribution in [0, 0.1) is 11.8 Å². The van der Waals surface area contributed by atoms with Crippen LogP contribution in [0.2, 0.25) is 0 Å². The number of phenolic OH excluding ortho intramolecular Hbond substituents is 1. The van der Waals surface area contributed by atoms with Crippen LogP contribution in [0.5, 0.6) is 5.75 Å². The Balaban J connectivity index is 2.03. The zero-order valence-electron chi connectivity index (χ0n) is 13.5. The first-order valence-electron chi connectivity index (χ1n) is 7.57. The van der Waals surface area contributed by atoms with E-state index in [4.69, 9.17) is 0 Å². The van der Waals surface area contributed by atoms with Crippen LogP contribution in [-0.2, 0) is 9.59 Å². The highest BCUT2D eigenvalue weighted by Gasteiger charge is 2.37. The molecule has 7 heteroatoms. The summed E-state index contributed by atoms with van der Waals surface area (Å²) in [5, 5.41) is 18.7. The Bertz CT molecular complexity index is 711. The molecule has 0 saturated heterocycles. The van der Waals surface area contributed by atoms with Gasteiger partial charge in [-0.05, 0) is 44.9 Å². The van der Waals surface area contributed by atoms with Crippen molar-refractivity contribution in [3.05, 3.63) is 41.0 Å². The molecule has 0 bridgehead atoms. The number of allylic oxidation sites excluding steroid dienone is 2. The molecular weight excluding hydrogens is 312 g/mol.